The summed E-state index contributed by atoms with van der Waals surface area (Å²) in [4.78, 5) is 0. The Morgan fingerprint density at radius 3 is 2.67 bits per heavy atom. The molecule has 1 atom stereocenters. The second-order valence-electron chi connectivity index (χ2n) is 5.33. The van der Waals surface area contributed by atoms with Crippen LogP contribution < -0.4 is 0 Å². The Morgan fingerprint density at radius 1 is 1.28 bits per heavy atom. The van der Waals surface area contributed by atoms with Crippen molar-refractivity contribution in [3.05, 3.63) is 35.9 Å². The maximum Gasteiger partial charge on any atom is 0.0580 e. The van der Waals surface area contributed by atoms with E-state index in [9.17, 15) is 5.11 Å². The van der Waals surface area contributed by atoms with Crippen molar-refractivity contribution >= 4 is 0 Å². The summed E-state index contributed by atoms with van der Waals surface area (Å²) in [6.45, 7) is 2.86. The molecule has 0 spiro atoms. The zero-order valence-corrected chi connectivity index (χ0v) is 11.2. The molecule has 1 unspecified atom stereocenters. The quantitative estimate of drug-likeness (QED) is 0.803. The number of rotatable bonds is 7. The summed E-state index contributed by atoms with van der Waals surface area (Å²) in [5.41, 5.74) is 1.32. The monoisotopic (exact) mass is 248 g/mol. The number of benzene rings is 1. The summed E-state index contributed by atoms with van der Waals surface area (Å²) < 4.78 is 5.54. The molecule has 0 saturated heterocycles. The van der Waals surface area contributed by atoms with E-state index < -0.39 is 0 Å². The summed E-state index contributed by atoms with van der Waals surface area (Å²) >= 11 is 0. The van der Waals surface area contributed by atoms with Crippen LogP contribution in [0.4, 0.5) is 0 Å². The average Bonchev–Trinajstić information content (AvgIpc) is 2.35. The van der Waals surface area contributed by atoms with E-state index >= 15 is 0 Å². The van der Waals surface area contributed by atoms with E-state index in [-0.39, 0.29) is 6.10 Å². The zero-order valence-electron chi connectivity index (χ0n) is 11.2. The second kappa shape index (κ2) is 6.91. The summed E-state index contributed by atoms with van der Waals surface area (Å²) in [5.74, 6) is 0.673. The lowest BCUT2D eigenvalue weighted by Crippen LogP contribution is -2.33. The van der Waals surface area contributed by atoms with Gasteiger partial charge in [-0.25, -0.2) is 0 Å². The highest BCUT2D eigenvalue weighted by Crippen LogP contribution is 2.34. The van der Waals surface area contributed by atoms with Crippen LogP contribution >= 0.6 is 0 Å². The van der Waals surface area contributed by atoms with E-state index in [0.717, 1.165) is 38.7 Å². The van der Waals surface area contributed by atoms with Crippen molar-refractivity contribution < 1.29 is 9.84 Å². The van der Waals surface area contributed by atoms with Crippen LogP contribution in [0, 0.1) is 5.92 Å². The third kappa shape index (κ3) is 4.11. The number of hydrogen-bond donors (Lipinski definition) is 1. The minimum Gasteiger partial charge on any atom is -0.393 e. The van der Waals surface area contributed by atoms with Crippen LogP contribution in [-0.4, -0.2) is 23.9 Å². The molecule has 1 aromatic rings. The van der Waals surface area contributed by atoms with Crippen LogP contribution in [0.25, 0.3) is 0 Å². The molecular weight excluding hydrogens is 224 g/mol. The molecule has 0 radical (unpaired) electrons. The number of aryl methyl sites for hydroxylation is 1. The first-order chi connectivity index (χ1) is 8.78. The van der Waals surface area contributed by atoms with Crippen molar-refractivity contribution in [2.75, 3.05) is 6.61 Å². The molecule has 1 saturated carbocycles. The Bertz CT molecular complexity index is 330. The highest BCUT2D eigenvalue weighted by Gasteiger charge is 2.30. The molecule has 0 amide bonds. The van der Waals surface area contributed by atoms with Gasteiger partial charge in [0.1, 0.15) is 0 Å². The molecular formula is C16H24O2. The van der Waals surface area contributed by atoms with Crippen molar-refractivity contribution in [2.24, 2.45) is 5.92 Å². The molecule has 100 valence electrons. The van der Waals surface area contributed by atoms with Gasteiger partial charge < -0.3 is 9.84 Å². The predicted octanol–water partition coefficient (Wildman–Crippen LogP) is 3.19. The van der Waals surface area contributed by atoms with Crippen LogP contribution in [0.2, 0.25) is 0 Å². The van der Waals surface area contributed by atoms with Crippen molar-refractivity contribution in [2.45, 2.75) is 51.2 Å². The van der Waals surface area contributed by atoms with Gasteiger partial charge in [-0.05, 0) is 50.5 Å². The summed E-state index contributed by atoms with van der Waals surface area (Å²) in [7, 11) is 0. The van der Waals surface area contributed by atoms with Gasteiger partial charge in [0.25, 0.3) is 0 Å². The molecule has 0 heterocycles. The van der Waals surface area contributed by atoms with Gasteiger partial charge >= 0.3 is 0 Å². The fraction of sp³-hybridized carbons (Fsp3) is 0.625. The van der Waals surface area contributed by atoms with E-state index in [1.807, 2.05) is 13.0 Å². The van der Waals surface area contributed by atoms with Gasteiger partial charge in [0.2, 0.25) is 0 Å². The van der Waals surface area contributed by atoms with Gasteiger partial charge in [0.15, 0.2) is 0 Å². The minimum atomic E-state index is -0.155. The largest absolute Gasteiger partial charge is 0.393 e. The standard InChI is InChI=1S/C16H24O2/c1-2-18-16-11-14(12-16)10-15(17)9-8-13-6-4-3-5-7-13/h3-7,14-17H,2,8-12H2,1H3. The first-order valence-electron chi connectivity index (χ1n) is 7.11. The zero-order chi connectivity index (χ0) is 12.8. The molecule has 0 aliphatic heterocycles. The Labute approximate surface area is 110 Å². The van der Waals surface area contributed by atoms with Crippen LogP contribution in [0.1, 0.15) is 38.2 Å². The molecule has 0 bridgehead atoms. The molecule has 2 heteroatoms. The Morgan fingerprint density at radius 2 is 2.00 bits per heavy atom. The molecule has 1 N–H and O–H groups in total. The molecule has 18 heavy (non-hydrogen) atoms. The number of aliphatic hydroxyl groups is 1. The molecule has 2 rings (SSSR count). The number of ether oxygens (including phenoxy) is 1. The maximum atomic E-state index is 10.0. The first kappa shape index (κ1) is 13.6. The Kier molecular flexibility index (Phi) is 5.21. The molecule has 1 aliphatic carbocycles. The maximum absolute atomic E-state index is 10.0. The Hall–Kier alpha value is -0.860. The number of hydrogen-bond acceptors (Lipinski definition) is 2. The van der Waals surface area contributed by atoms with Crippen molar-refractivity contribution in [3.63, 3.8) is 0 Å². The summed E-state index contributed by atoms with van der Waals surface area (Å²) in [6, 6.07) is 10.4. The van der Waals surface area contributed by atoms with Gasteiger partial charge in [-0.3, -0.25) is 0 Å². The highest BCUT2D eigenvalue weighted by molar-refractivity contribution is 5.14. The fourth-order valence-corrected chi connectivity index (χ4v) is 2.72. The first-order valence-corrected chi connectivity index (χ1v) is 7.11. The van der Waals surface area contributed by atoms with Crippen molar-refractivity contribution in [1.29, 1.82) is 0 Å². The minimum absolute atomic E-state index is 0.155. The topological polar surface area (TPSA) is 29.5 Å². The summed E-state index contributed by atoms with van der Waals surface area (Å²) in [5, 5.41) is 10.0. The van der Waals surface area contributed by atoms with E-state index in [1.54, 1.807) is 0 Å². The molecule has 1 aliphatic rings. The third-order valence-electron chi connectivity index (χ3n) is 3.81. The number of aliphatic hydroxyl groups excluding tert-OH is 1. The van der Waals surface area contributed by atoms with Gasteiger partial charge in [-0.1, -0.05) is 30.3 Å². The normalized spacial score (nSPS) is 24.6. The fourth-order valence-electron chi connectivity index (χ4n) is 2.72. The van der Waals surface area contributed by atoms with Gasteiger partial charge in [0.05, 0.1) is 12.2 Å². The lowest BCUT2D eigenvalue weighted by Gasteiger charge is -2.36. The molecule has 2 nitrogen and oxygen atoms in total. The smallest absolute Gasteiger partial charge is 0.0580 e. The average molecular weight is 248 g/mol. The van der Waals surface area contributed by atoms with Crippen molar-refractivity contribution in [3.8, 4) is 0 Å². The van der Waals surface area contributed by atoms with Gasteiger partial charge in [-0.15, -0.1) is 0 Å². The Balaban J connectivity index is 1.60. The summed E-state index contributed by atoms with van der Waals surface area (Å²) in [6.07, 6.45) is 5.37. The van der Waals surface area contributed by atoms with E-state index in [4.69, 9.17) is 4.74 Å². The van der Waals surface area contributed by atoms with Crippen molar-refractivity contribution in [1.82, 2.24) is 0 Å². The van der Waals surface area contributed by atoms with Crippen LogP contribution in [0.5, 0.6) is 0 Å². The van der Waals surface area contributed by atoms with Gasteiger partial charge in [0, 0.05) is 6.61 Å². The van der Waals surface area contributed by atoms with Crippen LogP contribution in [-0.2, 0) is 11.2 Å². The third-order valence-corrected chi connectivity index (χ3v) is 3.81. The predicted molar refractivity (Wildman–Crippen MR) is 73.5 cm³/mol. The van der Waals surface area contributed by atoms with E-state index in [0.29, 0.717) is 12.0 Å². The van der Waals surface area contributed by atoms with E-state index in [2.05, 4.69) is 24.3 Å². The molecule has 0 aromatic heterocycles. The molecule has 1 aromatic carbocycles. The van der Waals surface area contributed by atoms with Crippen LogP contribution in [0.3, 0.4) is 0 Å². The lowest BCUT2D eigenvalue weighted by atomic mass is 9.78. The van der Waals surface area contributed by atoms with E-state index in [1.165, 1.54) is 5.56 Å². The van der Waals surface area contributed by atoms with Gasteiger partial charge in [-0.2, -0.15) is 0 Å². The highest BCUT2D eigenvalue weighted by atomic mass is 16.5. The SMILES string of the molecule is CCOC1CC(CC(O)CCc2ccccc2)C1. The second-order valence-corrected chi connectivity index (χ2v) is 5.33. The van der Waals surface area contributed by atoms with Crippen LogP contribution in [0.15, 0.2) is 30.3 Å². The lowest BCUT2D eigenvalue weighted by molar-refractivity contribution is -0.0382. The molecule has 1 fully saturated rings.